The zero-order valence-electron chi connectivity index (χ0n) is 15.6. The molecule has 0 aliphatic carbocycles. The number of H-pyrrole nitrogens is 1. The van der Waals surface area contributed by atoms with Crippen molar-refractivity contribution in [3.8, 4) is 11.3 Å². The number of carbonyl (C=O) groups is 1. The Morgan fingerprint density at radius 2 is 1.97 bits per heavy atom. The van der Waals surface area contributed by atoms with E-state index in [1.807, 2.05) is 53.4 Å². The van der Waals surface area contributed by atoms with Crippen LogP contribution in [0.1, 0.15) is 40.5 Å². The number of hydrogen-bond donors (Lipinski definition) is 1. The molecule has 0 saturated carbocycles. The van der Waals surface area contributed by atoms with E-state index in [0.717, 1.165) is 41.8 Å². The number of carbonyl (C=O) groups excluding carboxylic acids is 1. The van der Waals surface area contributed by atoms with Crippen molar-refractivity contribution in [2.45, 2.75) is 25.0 Å². The fourth-order valence-corrected chi connectivity index (χ4v) is 4.57. The average Bonchev–Trinajstić information content (AvgIpc) is 3.43. The summed E-state index contributed by atoms with van der Waals surface area (Å²) in [6, 6.07) is 14.9. The number of nitrogens with zero attached hydrogens (tertiary/aromatic N) is 2. The highest BCUT2D eigenvalue weighted by atomic mass is 35.5. The lowest BCUT2D eigenvalue weighted by Crippen LogP contribution is -2.36. The SMILES string of the molecule is O=C1c2[nH]nc(-c3ccc(Cl)cc3)c2C(c2cccc(Cl)c2)N1CC1CCCO1. The minimum Gasteiger partial charge on any atom is -0.376 e. The molecule has 0 radical (unpaired) electrons. The van der Waals surface area contributed by atoms with E-state index in [9.17, 15) is 4.79 Å². The maximum Gasteiger partial charge on any atom is 0.273 e. The third kappa shape index (κ3) is 3.33. The van der Waals surface area contributed by atoms with Crippen molar-refractivity contribution in [3.63, 3.8) is 0 Å². The molecule has 3 aromatic rings. The third-order valence-corrected chi connectivity index (χ3v) is 6.06. The van der Waals surface area contributed by atoms with Crippen molar-refractivity contribution in [1.82, 2.24) is 15.1 Å². The lowest BCUT2D eigenvalue weighted by molar-refractivity contribution is 0.0495. The second-order valence-corrected chi connectivity index (χ2v) is 8.29. The van der Waals surface area contributed by atoms with Crippen LogP contribution in [0.3, 0.4) is 0 Å². The molecule has 1 aromatic heterocycles. The number of aromatic nitrogens is 2. The molecular weight excluding hydrogens is 409 g/mol. The summed E-state index contributed by atoms with van der Waals surface area (Å²) in [5.74, 6) is -0.0619. The fourth-order valence-electron chi connectivity index (χ4n) is 4.24. The molecule has 2 atom stereocenters. The Kier molecular flexibility index (Phi) is 4.82. The Bertz CT molecular complexity index is 1060. The molecule has 2 unspecified atom stereocenters. The van der Waals surface area contributed by atoms with E-state index in [0.29, 0.717) is 22.3 Å². The second-order valence-electron chi connectivity index (χ2n) is 7.42. The van der Waals surface area contributed by atoms with Crippen molar-refractivity contribution >= 4 is 29.1 Å². The number of rotatable bonds is 4. The zero-order valence-corrected chi connectivity index (χ0v) is 17.1. The highest BCUT2D eigenvalue weighted by Gasteiger charge is 2.43. The van der Waals surface area contributed by atoms with Gasteiger partial charge in [0.15, 0.2) is 0 Å². The standard InChI is InChI=1S/C22H19Cl2N3O2/c23-15-8-6-13(7-9-15)19-18-20(26-25-19)22(28)27(12-17-5-2-10-29-17)21(18)14-3-1-4-16(24)11-14/h1,3-4,6-9,11,17,21H,2,5,10,12H2,(H,25,26). The fraction of sp³-hybridized carbons (Fsp3) is 0.273. The van der Waals surface area contributed by atoms with Gasteiger partial charge in [-0.3, -0.25) is 9.89 Å². The van der Waals surface area contributed by atoms with E-state index in [1.54, 1.807) is 0 Å². The summed E-state index contributed by atoms with van der Waals surface area (Å²) in [4.78, 5) is 15.2. The van der Waals surface area contributed by atoms with E-state index in [4.69, 9.17) is 27.9 Å². The van der Waals surface area contributed by atoms with Gasteiger partial charge in [0.25, 0.3) is 5.91 Å². The zero-order chi connectivity index (χ0) is 20.0. The minimum atomic E-state index is -0.273. The molecule has 2 aromatic carbocycles. The van der Waals surface area contributed by atoms with E-state index >= 15 is 0 Å². The van der Waals surface area contributed by atoms with Gasteiger partial charge in [0, 0.05) is 34.3 Å². The smallest absolute Gasteiger partial charge is 0.273 e. The van der Waals surface area contributed by atoms with Gasteiger partial charge in [0.05, 0.1) is 17.8 Å². The number of hydrogen-bond acceptors (Lipinski definition) is 3. The summed E-state index contributed by atoms with van der Waals surface area (Å²) in [6.07, 6.45) is 2.04. The van der Waals surface area contributed by atoms with Crippen LogP contribution >= 0.6 is 23.2 Å². The minimum absolute atomic E-state index is 0.0524. The number of ether oxygens (including phenoxy) is 1. The average molecular weight is 428 g/mol. The molecule has 5 rings (SSSR count). The first-order chi connectivity index (χ1) is 14.1. The monoisotopic (exact) mass is 427 g/mol. The lowest BCUT2D eigenvalue weighted by Gasteiger charge is -2.28. The van der Waals surface area contributed by atoms with Crippen LogP contribution in [0.4, 0.5) is 0 Å². The van der Waals surface area contributed by atoms with Crippen molar-refractivity contribution in [2.24, 2.45) is 0 Å². The van der Waals surface area contributed by atoms with Crippen LogP contribution in [0.25, 0.3) is 11.3 Å². The molecule has 29 heavy (non-hydrogen) atoms. The van der Waals surface area contributed by atoms with E-state index < -0.39 is 0 Å². The van der Waals surface area contributed by atoms with E-state index in [-0.39, 0.29) is 18.1 Å². The number of benzene rings is 2. The highest BCUT2D eigenvalue weighted by molar-refractivity contribution is 6.31. The number of fused-ring (bicyclic) bond motifs is 1. The normalized spacial score (nSPS) is 21.0. The van der Waals surface area contributed by atoms with Gasteiger partial charge in [-0.1, -0.05) is 47.5 Å². The largest absolute Gasteiger partial charge is 0.376 e. The molecule has 0 spiro atoms. The molecule has 5 nitrogen and oxygen atoms in total. The number of halogens is 2. The maximum atomic E-state index is 13.3. The third-order valence-electron chi connectivity index (χ3n) is 5.57. The first-order valence-electron chi connectivity index (χ1n) is 9.64. The number of aromatic amines is 1. The molecule has 7 heteroatoms. The molecule has 1 amide bonds. The second kappa shape index (κ2) is 7.48. The quantitative estimate of drug-likeness (QED) is 0.629. The highest BCUT2D eigenvalue weighted by Crippen LogP contribution is 2.43. The predicted octanol–water partition coefficient (Wildman–Crippen LogP) is 5.11. The van der Waals surface area contributed by atoms with Crippen molar-refractivity contribution in [1.29, 1.82) is 0 Å². The topological polar surface area (TPSA) is 58.2 Å². The van der Waals surface area contributed by atoms with Gasteiger partial charge >= 0.3 is 0 Å². The molecule has 1 fully saturated rings. The van der Waals surface area contributed by atoms with Crippen molar-refractivity contribution in [3.05, 3.63) is 75.4 Å². The van der Waals surface area contributed by atoms with Crippen molar-refractivity contribution < 1.29 is 9.53 Å². The van der Waals surface area contributed by atoms with E-state index in [2.05, 4.69) is 10.2 Å². The van der Waals surface area contributed by atoms with Gasteiger partial charge in [-0.15, -0.1) is 0 Å². The predicted molar refractivity (Wildman–Crippen MR) is 112 cm³/mol. The lowest BCUT2D eigenvalue weighted by atomic mass is 9.96. The Morgan fingerprint density at radius 3 is 2.69 bits per heavy atom. The first kappa shape index (κ1) is 18.7. The molecule has 1 N–H and O–H groups in total. The van der Waals surface area contributed by atoms with Crippen molar-refractivity contribution in [2.75, 3.05) is 13.2 Å². The van der Waals surface area contributed by atoms with Gasteiger partial charge < -0.3 is 9.64 Å². The number of amides is 1. The molecular formula is C22H19Cl2N3O2. The van der Waals surface area contributed by atoms with Crippen LogP contribution in [-0.2, 0) is 4.74 Å². The van der Waals surface area contributed by atoms with Gasteiger partial charge in [-0.25, -0.2) is 0 Å². The molecule has 2 aliphatic heterocycles. The van der Waals surface area contributed by atoms with Gasteiger partial charge in [-0.05, 0) is 42.7 Å². The van der Waals surface area contributed by atoms with Crippen LogP contribution < -0.4 is 0 Å². The van der Waals surface area contributed by atoms with Crippen LogP contribution in [-0.4, -0.2) is 40.3 Å². The maximum absolute atomic E-state index is 13.3. The van der Waals surface area contributed by atoms with Gasteiger partial charge in [0.1, 0.15) is 5.69 Å². The summed E-state index contributed by atoms with van der Waals surface area (Å²) in [7, 11) is 0. The molecule has 2 aliphatic rings. The van der Waals surface area contributed by atoms with Crippen LogP contribution in [0.5, 0.6) is 0 Å². The Hall–Kier alpha value is -2.34. The van der Waals surface area contributed by atoms with Crippen LogP contribution in [0.2, 0.25) is 10.0 Å². The van der Waals surface area contributed by atoms with Gasteiger partial charge in [0.2, 0.25) is 0 Å². The molecule has 1 saturated heterocycles. The molecule has 3 heterocycles. The summed E-state index contributed by atoms with van der Waals surface area (Å²) < 4.78 is 5.81. The summed E-state index contributed by atoms with van der Waals surface area (Å²) >= 11 is 12.3. The summed E-state index contributed by atoms with van der Waals surface area (Å²) in [6.45, 7) is 1.29. The molecule has 148 valence electrons. The van der Waals surface area contributed by atoms with Crippen LogP contribution in [0.15, 0.2) is 48.5 Å². The summed E-state index contributed by atoms with van der Waals surface area (Å²) in [5.41, 5.74) is 4.02. The number of nitrogens with one attached hydrogen (secondary N) is 1. The van der Waals surface area contributed by atoms with Gasteiger partial charge in [-0.2, -0.15) is 5.10 Å². The van der Waals surface area contributed by atoms with Crippen LogP contribution in [0, 0.1) is 0 Å². The Labute approximate surface area is 178 Å². The summed E-state index contributed by atoms with van der Waals surface area (Å²) in [5, 5.41) is 8.74. The Morgan fingerprint density at radius 1 is 1.14 bits per heavy atom. The van der Waals surface area contributed by atoms with E-state index in [1.165, 1.54) is 0 Å². The first-order valence-corrected chi connectivity index (χ1v) is 10.4. The Balaban J connectivity index is 1.62. The molecule has 0 bridgehead atoms.